The second-order valence-corrected chi connectivity index (χ2v) is 5.71. The highest BCUT2D eigenvalue weighted by atomic mass is 127. The number of aromatic nitrogens is 3. The summed E-state index contributed by atoms with van der Waals surface area (Å²) >= 11 is 9.39. The van der Waals surface area contributed by atoms with Crippen molar-refractivity contribution in [2.75, 3.05) is 11.9 Å². The van der Waals surface area contributed by atoms with E-state index in [0.717, 1.165) is 20.9 Å². The first-order valence-corrected chi connectivity index (χ1v) is 6.86. The minimum Gasteiger partial charge on any atom is -0.369 e. The van der Waals surface area contributed by atoms with Gasteiger partial charge in [0, 0.05) is 12.7 Å². The van der Waals surface area contributed by atoms with Gasteiger partial charge in [-0.25, -0.2) is 15.0 Å². The second-order valence-electron chi connectivity index (χ2n) is 2.89. The van der Waals surface area contributed by atoms with Crippen LogP contribution in [-0.2, 0) is 0 Å². The largest absolute Gasteiger partial charge is 0.369 e. The van der Waals surface area contributed by atoms with Gasteiger partial charge in [0.05, 0.1) is 9.77 Å². The Kier molecular flexibility index (Phi) is 3.93. The summed E-state index contributed by atoms with van der Waals surface area (Å²) in [6, 6.07) is 0. The van der Waals surface area contributed by atoms with E-state index in [9.17, 15) is 0 Å². The van der Waals surface area contributed by atoms with Crippen LogP contribution in [0.25, 0.3) is 10.8 Å². The van der Waals surface area contributed by atoms with E-state index in [2.05, 4.69) is 42.9 Å². The van der Waals surface area contributed by atoms with Crippen LogP contribution >= 0.6 is 45.5 Å². The van der Waals surface area contributed by atoms with Gasteiger partial charge in [0.15, 0.2) is 10.8 Å². The molecule has 2 heterocycles. The highest BCUT2D eigenvalue weighted by Crippen LogP contribution is 2.27. The molecule has 0 atom stereocenters. The molecule has 0 spiro atoms. The van der Waals surface area contributed by atoms with Gasteiger partial charge in [0.1, 0.15) is 10.2 Å². The third-order valence-corrected chi connectivity index (χ3v) is 3.66. The van der Waals surface area contributed by atoms with Gasteiger partial charge in [-0.3, -0.25) is 0 Å². The third-order valence-electron chi connectivity index (χ3n) is 1.76. The van der Waals surface area contributed by atoms with Crippen molar-refractivity contribution in [3.63, 3.8) is 0 Å². The molecule has 84 valence electrons. The summed E-state index contributed by atoms with van der Waals surface area (Å²) in [6.45, 7) is 2.85. The lowest BCUT2D eigenvalue weighted by Crippen LogP contribution is -2.03. The second kappa shape index (κ2) is 5.24. The maximum absolute atomic E-state index is 5.83. The fourth-order valence-electron chi connectivity index (χ4n) is 1.12. The summed E-state index contributed by atoms with van der Waals surface area (Å²) in [7, 11) is 0. The Hall–Kier alpha value is -0.470. The summed E-state index contributed by atoms with van der Waals surface area (Å²) in [5, 5.41) is 3.91. The molecule has 0 unspecified atom stereocenters. The predicted octanol–water partition coefficient (Wildman–Crippen LogP) is 3.29. The van der Waals surface area contributed by atoms with Crippen molar-refractivity contribution in [2.45, 2.75) is 6.92 Å². The fourth-order valence-corrected chi connectivity index (χ4v) is 2.42. The molecule has 2 rings (SSSR count). The minimum absolute atomic E-state index is 0.605. The number of anilines is 1. The van der Waals surface area contributed by atoms with Crippen molar-refractivity contribution in [3.05, 3.63) is 20.3 Å². The Balaban J connectivity index is 2.39. The van der Waals surface area contributed by atoms with Crippen LogP contribution in [0.15, 0.2) is 12.4 Å². The number of hydrogen-bond donors (Lipinski definition) is 1. The Bertz CT molecular complexity index is 502. The average molecular weight is 367 g/mol. The summed E-state index contributed by atoms with van der Waals surface area (Å²) in [5.41, 5.74) is 0. The smallest absolute Gasteiger partial charge is 0.190 e. The zero-order chi connectivity index (χ0) is 11.5. The van der Waals surface area contributed by atoms with Crippen LogP contribution in [0.2, 0.25) is 4.34 Å². The molecule has 0 aliphatic heterocycles. The Morgan fingerprint density at radius 2 is 2.25 bits per heavy atom. The van der Waals surface area contributed by atoms with Gasteiger partial charge in [-0.2, -0.15) is 0 Å². The van der Waals surface area contributed by atoms with Crippen molar-refractivity contribution in [1.29, 1.82) is 0 Å². The standard InChI is InChI=1S/C9H8ClIN4S/c1-2-12-7-5(11)3-13-8(15-7)9-14-4-6(10)16-9/h3-4H,2H2,1H3,(H,12,13,15). The average Bonchev–Trinajstić information content (AvgIpc) is 2.69. The van der Waals surface area contributed by atoms with Crippen LogP contribution in [0.3, 0.4) is 0 Å². The quantitative estimate of drug-likeness (QED) is 0.847. The van der Waals surface area contributed by atoms with E-state index in [-0.39, 0.29) is 0 Å². The van der Waals surface area contributed by atoms with E-state index < -0.39 is 0 Å². The van der Waals surface area contributed by atoms with Crippen LogP contribution in [-0.4, -0.2) is 21.5 Å². The van der Waals surface area contributed by atoms with E-state index in [1.54, 1.807) is 12.4 Å². The molecule has 1 N–H and O–H groups in total. The number of thiazole rings is 1. The number of nitrogens with one attached hydrogen (secondary N) is 1. The van der Waals surface area contributed by atoms with Crippen molar-refractivity contribution < 1.29 is 0 Å². The van der Waals surface area contributed by atoms with Crippen LogP contribution in [0.5, 0.6) is 0 Å². The minimum atomic E-state index is 0.605. The van der Waals surface area contributed by atoms with Gasteiger partial charge >= 0.3 is 0 Å². The number of rotatable bonds is 3. The van der Waals surface area contributed by atoms with Crippen LogP contribution in [0.1, 0.15) is 6.92 Å². The lowest BCUT2D eigenvalue weighted by atomic mass is 10.5. The van der Waals surface area contributed by atoms with Crippen molar-refractivity contribution >= 4 is 51.3 Å². The van der Waals surface area contributed by atoms with Crippen molar-refractivity contribution in [1.82, 2.24) is 15.0 Å². The van der Waals surface area contributed by atoms with Gasteiger partial charge < -0.3 is 5.32 Å². The summed E-state index contributed by atoms with van der Waals surface area (Å²) in [4.78, 5) is 12.8. The molecule has 0 amide bonds. The van der Waals surface area contributed by atoms with Crippen LogP contribution in [0, 0.1) is 3.57 Å². The molecule has 0 aromatic carbocycles. The first-order chi connectivity index (χ1) is 7.70. The summed E-state index contributed by atoms with van der Waals surface area (Å²) in [6.07, 6.45) is 3.38. The molecule has 16 heavy (non-hydrogen) atoms. The molecule has 0 radical (unpaired) electrons. The maximum Gasteiger partial charge on any atom is 0.190 e. The van der Waals surface area contributed by atoms with Crippen LogP contribution in [0.4, 0.5) is 5.82 Å². The van der Waals surface area contributed by atoms with E-state index in [1.807, 2.05) is 6.92 Å². The zero-order valence-electron chi connectivity index (χ0n) is 8.37. The van der Waals surface area contributed by atoms with Gasteiger partial charge in [0.2, 0.25) is 0 Å². The Morgan fingerprint density at radius 1 is 1.44 bits per heavy atom. The molecular formula is C9H8ClIN4S. The van der Waals surface area contributed by atoms with Gasteiger partial charge in [-0.1, -0.05) is 22.9 Å². The zero-order valence-corrected chi connectivity index (χ0v) is 12.1. The Morgan fingerprint density at radius 3 is 2.88 bits per heavy atom. The molecule has 7 heteroatoms. The normalized spacial score (nSPS) is 10.4. The highest BCUT2D eigenvalue weighted by molar-refractivity contribution is 14.1. The topological polar surface area (TPSA) is 50.7 Å². The number of halogens is 2. The van der Waals surface area contributed by atoms with Crippen molar-refractivity contribution in [3.8, 4) is 10.8 Å². The monoisotopic (exact) mass is 366 g/mol. The molecule has 0 aliphatic carbocycles. The van der Waals surface area contributed by atoms with E-state index >= 15 is 0 Å². The third kappa shape index (κ3) is 2.61. The van der Waals surface area contributed by atoms with Crippen LogP contribution < -0.4 is 5.32 Å². The van der Waals surface area contributed by atoms with E-state index in [0.29, 0.717) is 10.2 Å². The number of nitrogens with zero attached hydrogens (tertiary/aromatic N) is 3. The molecule has 4 nitrogen and oxygen atoms in total. The lowest BCUT2D eigenvalue weighted by Gasteiger charge is -2.05. The predicted molar refractivity (Wildman–Crippen MR) is 75.0 cm³/mol. The molecular weight excluding hydrogens is 359 g/mol. The molecule has 0 saturated carbocycles. The number of hydrogen-bond acceptors (Lipinski definition) is 5. The SMILES string of the molecule is CCNc1nc(-c2ncc(Cl)s2)ncc1I. The fraction of sp³-hybridized carbons (Fsp3) is 0.222. The molecule has 2 aromatic rings. The van der Waals surface area contributed by atoms with E-state index in [4.69, 9.17) is 11.6 Å². The molecule has 0 bridgehead atoms. The summed E-state index contributed by atoms with van der Waals surface area (Å²) < 4.78 is 1.63. The molecule has 2 aromatic heterocycles. The van der Waals surface area contributed by atoms with Gasteiger partial charge in [-0.05, 0) is 29.5 Å². The lowest BCUT2D eigenvalue weighted by molar-refractivity contribution is 1.10. The van der Waals surface area contributed by atoms with Crippen molar-refractivity contribution in [2.24, 2.45) is 0 Å². The van der Waals surface area contributed by atoms with Gasteiger partial charge in [0.25, 0.3) is 0 Å². The molecule has 0 aliphatic rings. The highest BCUT2D eigenvalue weighted by Gasteiger charge is 2.09. The summed E-state index contributed by atoms with van der Waals surface area (Å²) in [5.74, 6) is 1.44. The maximum atomic E-state index is 5.83. The molecule has 0 fully saturated rings. The van der Waals surface area contributed by atoms with E-state index in [1.165, 1.54) is 11.3 Å². The first kappa shape index (κ1) is 12.0. The molecule has 0 saturated heterocycles. The van der Waals surface area contributed by atoms with Gasteiger partial charge in [-0.15, -0.1) is 0 Å². The Labute approximate surface area is 116 Å². The first-order valence-electron chi connectivity index (χ1n) is 4.59.